The second-order valence-corrected chi connectivity index (χ2v) is 6.39. The first kappa shape index (κ1) is 17.7. The van der Waals surface area contributed by atoms with E-state index < -0.39 is 11.9 Å². The Balaban J connectivity index is 2.54. The molecule has 1 N–H and O–H groups in total. The molecule has 0 amide bonds. The van der Waals surface area contributed by atoms with Crippen LogP contribution in [-0.2, 0) is 14.3 Å². The maximum atomic E-state index is 11.7. The molecule has 1 saturated carbocycles. The highest BCUT2D eigenvalue weighted by atomic mass is 16.5. The number of aliphatic carboxylic acids is 1. The Morgan fingerprint density at radius 2 is 1.81 bits per heavy atom. The summed E-state index contributed by atoms with van der Waals surface area (Å²) in [5, 5.41) is 8.54. The van der Waals surface area contributed by atoms with Gasteiger partial charge in [-0.1, -0.05) is 46.5 Å². The molecular formula is C17H28O4. The lowest BCUT2D eigenvalue weighted by Crippen LogP contribution is -2.34. The zero-order chi connectivity index (χ0) is 15.8. The first-order chi connectivity index (χ1) is 9.93. The molecule has 120 valence electrons. The number of carbonyl (C=O) groups is 2. The van der Waals surface area contributed by atoms with Gasteiger partial charge in [0.25, 0.3) is 0 Å². The van der Waals surface area contributed by atoms with Gasteiger partial charge in [0.1, 0.15) is 6.10 Å². The fourth-order valence-corrected chi connectivity index (χ4v) is 3.30. The SMILES string of the molecule is CCCC1CCC(C(OC(=O)/C=C/C(=O)O)C(C)C)CC1. The van der Waals surface area contributed by atoms with E-state index in [9.17, 15) is 9.59 Å². The van der Waals surface area contributed by atoms with Gasteiger partial charge in [0.2, 0.25) is 0 Å². The van der Waals surface area contributed by atoms with Crippen molar-refractivity contribution in [1.82, 2.24) is 0 Å². The fourth-order valence-electron chi connectivity index (χ4n) is 3.30. The molecule has 0 spiro atoms. The van der Waals surface area contributed by atoms with Gasteiger partial charge in [-0.2, -0.15) is 0 Å². The Morgan fingerprint density at radius 3 is 2.29 bits per heavy atom. The third-order valence-electron chi connectivity index (χ3n) is 4.32. The Labute approximate surface area is 127 Å². The van der Waals surface area contributed by atoms with Gasteiger partial charge in [0, 0.05) is 12.2 Å². The number of rotatable bonds is 7. The molecule has 1 unspecified atom stereocenters. The smallest absolute Gasteiger partial charge is 0.331 e. The molecule has 21 heavy (non-hydrogen) atoms. The Hall–Kier alpha value is -1.32. The molecule has 1 rings (SSSR count). The number of hydrogen-bond donors (Lipinski definition) is 1. The Kier molecular flexibility index (Phi) is 7.48. The predicted molar refractivity (Wildman–Crippen MR) is 81.8 cm³/mol. The summed E-state index contributed by atoms with van der Waals surface area (Å²) in [6.45, 7) is 6.33. The van der Waals surface area contributed by atoms with Crippen molar-refractivity contribution in [3.63, 3.8) is 0 Å². The molecule has 0 heterocycles. The topological polar surface area (TPSA) is 63.6 Å². The minimum absolute atomic E-state index is 0.112. The van der Waals surface area contributed by atoms with E-state index in [-0.39, 0.29) is 12.0 Å². The van der Waals surface area contributed by atoms with Crippen molar-refractivity contribution in [2.45, 2.75) is 65.4 Å². The van der Waals surface area contributed by atoms with Gasteiger partial charge in [-0.15, -0.1) is 0 Å². The number of carboxylic acids is 1. The second kappa shape index (κ2) is 8.85. The molecule has 1 aliphatic rings. The fraction of sp³-hybridized carbons (Fsp3) is 0.765. The third kappa shape index (κ3) is 6.32. The van der Waals surface area contributed by atoms with Crippen LogP contribution in [-0.4, -0.2) is 23.1 Å². The average Bonchev–Trinajstić information content (AvgIpc) is 2.43. The summed E-state index contributed by atoms with van der Waals surface area (Å²) in [6, 6.07) is 0. The summed E-state index contributed by atoms with van der Waals surface area (Å²) < 4.78 is 5.51. The molecule has 0 radical (unpaired) electrons. The van der Waals surface area contributed by atoms with Crippen molar-refractivity contribution < 1.29 is 19.4 Å². The van der Waals surface area contributed by atoms with Crippen molar-refractivity contribution in [3.05, 3.63) is 12.2 Å². The number of carboxylic acid groups (broad SMARTS) is 1. The van der Waals surface area contributed by atoms with Crippen molar-refractivity contribution in [3.8, 4) is 0 Å². The number of hydrogen-bond acceptors (Lipinski definition) is 3. The monoisotopic (exact) mass is 296 g/mol. The molecule has 4 nitrogen and oxygen atoms in total. The van der Waals surface area contributed by atoms with Gasteiger partial charge >= 0.3 is 11.9 Å². The highest BCUT2D eigenvalue weighted by Crippen LogP contribution is 2.36. The Morgan fingerprint density at radius 1 is 1.19 bits per heavy atom. The van der Waals surface area contributed by atoms with E-state index in [0.717, 1.165) is 30.9 Å². The quantitative estimate of drug-likeness (QED) is 0.573. The van der Waals surface area contributed by atoms with Gasteiger partial charge in [0.15, 0.2) is 0 Å². The molecule has 0 aliphatic heterocycles. The van der Waals surface area contributed by atoms with E-state index in [2.05, 4.69) is 20.8 Å². The van der Waals surface area contributed by atoms with Gasteiger partial charge in [-0.25, -0.2) is 9.59 Å². The maximum absolute atomic E-state index is 11.7. The van der Waals surface area contributed by atoms with E-state index in [1.165, 1.54) is 25.7 Å². The van der Waals surface area contributed by atoms with Crippen LogP contribution in [0.15, 0.2) is 12.2 Å². The molecule has 1 aliphatic carbocycles. The van der Waals surface area contributed by atoms with Crippen LogP contribution in [0, 0.1) is 17.8 Å². The standard InChI is InChI=1S/C17H28O4/c1-4-5-13-6-8-14(9-7-13)17(12(2)3)21-16(20)11-10-15(18)19/h10-14,17H,4-9H2,1-3H3,(H,18,19)/b11-10+. The minimum Gasteiger partial charge on any atom is -0.478 e. The lowest BCUT2D eigenvalue weighted by molar-refractivity contribution is -0.150. The summed E-state index contributed by atoms with van der Waals surface area (Å²) in [5.74, 6) is -0.207. The molecule has 0 bridgehead atoms. The van der Waals surface area contributed by atoms with E-state index in [1.807, 2.05) is 0 Å². The van der Waals surface area contributed by atoms with Crippen LogP contribution in [0.5, 0.6) is 0 Å². The van der Waals surface area contributed by atoms with Crippen molar-refractivity contribution in [2.75, 3.05) is 0 Å². The van der Waals surface area contributed by atoms with Gasteiger partial charge in [0.05, 0.1) is 0 Å². The van der Waals surface area contributed by atoms with Gasteiger partial charge in [-0.3, -0.25) is 0 Å². The lowest BCUT2D eigenvalue weighted by Gasteiger charge is -2.35. The van der Waals surface area contributed by atoms with Crippen LogP contribution in [0.2, 0.25) is 0 Å². The van der Waals surface area contributed by atoms with E-state index in [4.69, 9.17) is 9.84 Å². The highest BCUT2D eigenvalue weighted by molar-refractivity contribution is 5.90. The molecule has 1 fully saturated rings. The van der Waals surface area contributed by atoms with Crippen LogP contribution in [0.25, 0.3) is 0 Å². The van der Waals surface area contributed by atoms with E-state index in [0.29, 0.717) is 5.92 Å². The van der Waals surface area contributed by atoms with Crippen LogP contribution >= 0.6 is 0 Å². The van der Waals surface area contributed by atoms with E-state index in [1.54, 1.807) is 0 Å². The van der Waals surface area contributed by atoms with Crippen LogP contribution in [0.1, 0.15) is 59.3 Å². The zero-order valence-electron chi connectivity index (χ0n) is 13.4. The normalized spacial score (nSPS) is 24.2. The predicted octanol–water partition coefficient (Wildman–Crippen LogP) is 3.80. The van der Waals surface area contributed by atoms with Crippen molar-refractivity contribution in [2.24, 2.45) is 17.8 Å². The van der Waals surface area contributed by atoms with Crippen molar-refractivity contribution in [1.29, 1.82) is 0 Å². The summed E-state index contributed by atoms with van der Waals surface area (Å²) in [4.78, 5) is 22.1. The van der Waals surface area contributed by atoms with Crippen LogP contribution < -0.4 is 0 Å². The Bertz CT molecular complexity index is 365. The third-order valence-corrected chi connectivity index (χ3v) is 4.32. The van der Waals surface area contributed by atoms with Gasteiger partial charge < -0.3 is 9.84 Å². The molecule has 4 heteroatoms. The molecule has 1 atom stereocenters. The minimum atomic E-state index is -1.13. The molecule has 0 aromatic heterocycles. The summed E-state index contributed by atoms with van der Waals surface area (Å²) >= 11 is 0. The second-order valence-electron chi connectivity index (χ2n) is 6.39. The number of carbonyl (C=O) groups excluding carboxylic acids is 1. The molecule has 0 saturated heterocycles. The summed E-state index contributed by atoms with van der Waals surface area (Å²) in [7, 11) is 0. The lowest BCUT2D eigenvalue weighted by atomic mass is 9.75. The van der Waals surface area contributed by atoms with Crippen LogP contribution in [0.3, 0.4) is 0 Å². The average molecular weight is 296 g/mol. The van der Waals surface area contributed by atoms with E-state index >= 15 is 0 Å². The maximum Gasteiger partial charge on any atom is 0.331 e. The number of ether oxygens (including phenoxy) is 1. The van der Waals surface area contributed by atoms with Crippen molar-refractivity contribution >= 4 is 11.9 Å². The van der Waals surface area contributed by atoms with Gasteiger partial charge in [-0.05, 0) is 30.6 Å². The molecule has 0 aromatic rings. The molecular weight excluding hydrogens is 268 g/mol. The summed E-state index contributed by atoms with van der Waals surface area (Å²) in [5.41, 5.74) is 0. The highest BCUT2D eigenvalue weighted by Gasteiger charge is 2.31. The largest absolute Gasteiger partial charge is 0.478 e. The summed E-state index contributed by atoms with van der Waals surface area (Å²) in [6.07, 6.45) is 8.87. The molecule has 0 aromatic carbocycles. The van der Waals surface area contributed by atoms with Crippen LogP contribution in [0.4, 0.5) is 0 Å². The first-order valence-electron chi connectivity index (χ1n) is 8.05. The number of esters is 1. The first-order valence-corrected chi connectivity index (χ1v) is 8.05. The zero-order valence-corrected chi connectivity index (χ0v) is 13.4.